The molecule has 2 aromatic carbocycles. The molecule has 3 N–H and O–H groups in total. The standard InChI is InChI=1S/C28H28ClF2N7O5S/c1-4-35-12-18(27(41)42)25(39)17-10-19(30)24(21(31)23(17)35)36-7-8-37(14(2)11-36)13-38-20-6-5-15(29)9-16(20)22(26(38)40)32-33-28(44)34-43-3/h5-6,9-10,12,14,40H,4,7-8,11,13H2,1-3H3,(H,34,44)(H,41,42). The maximum Gasteiger partial charge on any atom is 0.341 e. The van der Waals surface area contributed by atoms with Gasteiger partial charge in [0.25, 0.3) is 0 Å². The number of aromatic carboxylic acids is 1. The van der Waals surface area contributed by atoms with Crippen molar-refractivity contribution < 1.29 is 28.6 Å². The highest BCUT2D eigenvalue weighted by Crippen LogP contribution is 2.41. The number of thiocarbonyl (C=S) groups is 1. The van der Waals surface area contributed by atoms with Gasteiger partial charge in [0.05, 0.1) is 30.2 Å². The summed E-state index contributed by atoms with van der Waals surface area (Å²) in [6, 6.07) is 5.74. The number of anilines is 1. The molecule has 232 valence electrons. The lowest BCUT2D eigenvalue weighted by Gasteiger charge is -2.41. The fourth-order valence-corrected chi connectivity index (χ4v) is 5.80. The average Bonchev–Trinajstić information content (AvgIpc) is 3.22. The summed E-state index contributed by atoms with van der Waals surface area (Å²) in [5.74, 6) is -3.54. The fourth-order valence-electron chi connectivity index (χ4n) is 5.50. The fraction of sp³-hybridized carbons (Fsp3) is 0.321. The molecule has 0 radical (unpaired) electrons. The zero-order valence-electron chi connectivity index (χ0n) is 23.8. The van der Waals surface area contributed by atoms with Crippen molar-refractivity contribution in [2.45, 2.75) is 33.1 Å². The summed E-state index contributed by atoms with van der Waals surface area (Å²) < 4.78 is 34.4. The molecule has 0 spiro atoms. The quantitative estimate of drug-likeness (QED) is 0.144. The highest BCUT2D eigenvalue weighted by atomic mass is 35.5. The molecular formula is C28H28ClF2N7O5S. The van der Waals surface area contributed by atoms with Gasteiger partial charge in [0.2, 0.25) is 16.4 Å². The molecule has 44 heavy (non-hydrogen) atoms. The number of piperazine rings is 1. The second kappa shape index (κ2) is 12.4. The van der Waals surface area contributed by atoms with E-state index in [0.717, 1.165) is 12.3 Å². The summed E-state index contributed by atoms with van der Waals surface area (Å²) >= 11 is 11.2. The Labute approximate surface area is 259 Å². The number of hydroxylamine groups is 1. The number of hydrogen-bond acceptors (Lipinski definition) is 8. The number of rotatable bonds is 7. The lowest BCUT2D eigenvalue weighted by Crippen LogP contribution is -2.52. The molecule has 1 saturated heterocycles. The minimum Gasteiger partial charge on any atom is -0.493 e. The van der Waals surface area contributed by atoms with Crippen molar-refractivity contribution in [2.24, 2.45) is 10.2 Å². The summed E-state index contributed by atoms with van der Waals surface area (Å²) in [6.45, 7) is 4.75. The Bertz CT molecular complexity index is 1900. The lowest BCUT2D eigenvalue weighted by atomic mass is 10.1. The van der Waals surface area contributed by atoms with Gasteiger partial charge in [-0.3, -0.25) is 19.1 Å². The summed E-state index contributed by atoms with van der Waals surface area (Å²) in [5, 5.41) is 29.1. The molecule has 0 amide bonds. The molecule has 2 aromatic heterocycles. The van der Waals surface area contributed by atoms with Crippen LogP contribution in [0.15, 0.2) is 45.5 Å². The number of hydrogen-bond donors (Lipinski definition) is 3. The number of halogens is 3. The largest absolute Gasteiger partial charge is 0.493 e. The van der Waals surface area contributed by atoms with E-state index >= 15 is 8.78 Å². The number of nitrogens with zero attached hydrogens (tertiary/aromatic N) is 6. The number of aromatic hydroxyl groups is 1. The normalized spacial score (nSPS) is 16.0. The Morgan fingerprint density at radius 1 is 1.25 bits per heavy atom. The van der Waals surface area contributed by atoms with Crippen LogP contribution in [0.1, 0.15) is 24.2 Å². The number of benzene rings is 2. The predicted molar refractivity (Wildman–Crippen MR) is 165 cm³/mol. The molecule has 4 aromatic rings. The molecule has 5 rings (SSSR count). The van der Waals surface area contributed by atoms with Crippen LogP contribution in [-0.4, -0.2) is 68.1 Å². The van der Waals surface area contributed by atoms with Crippen LogP contribution in [0.25, 0.3) is 21.8 Å². The van der Waals surface area contributed by atoms with Gasteiger partial charge in [-0.05, 0) is 50.3 Å². The molecular weight excluding hydrogens is 620 g/mol. The first-order valence-electron chi connectivity index (χ1n) is 13.5. The zero-order chi connectivity index (χ0) is 31.9. The second-order valence-electron chi connectivity index (χ2n) is 10.2. The van der Waals surface area contributed by atoms with E-state index in [9.17, 15) is 19.8 Å². The molecule has 1 aliphatic rings. The molecule has 0 saturated carbocycles. The molecule has 0 aliphatic carbocycles. The van der Waals surface area contributed by atoms with E-state index in [4.69, 9.17) is 28.7 Å². The Kier molecular flexibility index (Phi) is 8.83. The average molecular weight is 648 g/mol. The molecule has 1 fully saturated rings. The highest BCUT2D eigenvalue weighted by molar-refractivity contribution is 7.80. The van der Waals surface area contributed by atoms with Crippen LogP contribution in [0.3, 0.4) is 0 Å². The second-order valence-corrected chi connectivity index (χ2v) is 11.0. The SMILES string of the molecule is CCn1cc(C(=O)O)c(=O)c2cc(F)c(N3CCN(Cn4c(O)c(N=NC(=S)NOC)c5cc(Cl)ccc54)C(C)C3)c(F)c21. The third-order valence-corrected chi connectivity index (χ3v) is 8.01. The maximum atomic E-state index is 16.0. The number of carboxylic acids is 1. The third-order valence-electron chi connectivity index (χ3n) is 7.61. The zero-order valence-corrected chi connectivity index (χ0v) is 25.4. The van der Waals surface area contributed by atoms with Crippen molar-refractivity contribution in [1.29, 1.82) is 0 Å². The molecule has 1 atom stereocenters. The lowest BCUT2D eigenvalue weighted by molar-refractivity contribution is 0.0694. The van der Waals surface area contributed by atoms with Crippen LogP contribution >= 0.6 is 23.8 Å². The number of nitrogens with one attached hydrogen (secondary N) is 1. The number of aryl methyl sites for hydroxylation is 1. The van der Waals surface area contributed by atoms with Crippen LogP contribution in [-0.2, 0) is 18.1 Å². The molecule has 3 heterocycles. The van der Waals surface area contributed by atoms with E-state index in [-0.39, 0.29) is 65.6 Å². The number of carbonyl (C=O) groups is 1. The van der Waals surface area contributed by atoms with Crippen molar-refractivity contribution in [3.8, 4) is 5.88 Å². The number of aromatic nitrogens is 2. The van der Waals surface area contributed by atoms with E-state index in [2.05, 4.69) is 15.7 Å². The van der Waals surface area contributed by atoms with Gasteiger partial charge < -0.3 is 19.7 Å². The van der Waals surface area contributed by atoms with Gasteiger partial charge >= 0.3 is 5.97 Å². The monoisotopic (exact) mass is 647 g/mol. The van der Waals surface area contributed by atoms with E-state index in [1.165, 1.54) is 11.7 Å². The van der Waals surface area contributed by atoms with Crippen LogP contribution < -0.4 is 15.8 Å². The number of pyridine rings is 1. The van der Waals surface area contributed by atoms with Gasteiger partial charge in [-0.1, -0.05) is 11.6 Å². The molecule has 16 heteroatoms. The molecule has 1 aliphatic heterocycles. The Morgan fingerprint density at radius 3 is 2.66 bits per heavy atom. The van der Waals surface area contributed by atoms with Crippen molar-refractivity contribution >= 4 is 68.1 Å². The van der Waals surface area contributed by atoms with Gasteiger partial charge in [-0.25, -0.2) is 19.1 Å². The number of carboxylic acid groups (broad SMARTS) is 1. The Hall–Kier alpha value is -4.18. The molecule has 0 bridgehead atoms. The van der Waals surface area contributed by atoms with Gasteiger partial charge in [0.1, 0.15) is 17.1 Å². The Morgan fingerprint density at radius 2 is 2.00 bits per heavy atom. The highest BCUT2D eigenvalue weighted by Gasteiger charge is 2.31. The van der Waals surface area contributed by atoms with Crippen LogP contribution in [0.2, 0.25) is 5.02 Å². The van der Waals surface area contributed by atoms with Crippen LogP contribution in [0.5, 0.6) is 5.88 Å². The third kappa shape index (κ3) is 5.58. The van der Waals surface area contributed by atoms with Crippen molar-refractivity contribution in [1.82, 2.24) is 19.5 Å². The van der Waals surface area contributed by atoms with Crippen LogP contribution in [0, 0.1) is 11.6 Å². The van der Waals surface area contributed by atoms with Gasteiger partial charge in [-0.2, -0.15) is 0 Å². The van der Waals surface area contributed by atoms with Gasteiger partial charge in [0, 0.05) is 48.8 Å². The summed E-state index contributed by atoms with van der Waals surface area (Å²) in [6.07, 6.45) is 1.08. The summed E-state index contributed by atoms with van der Waals surface area (Å²) in [7, 11) is 1.37. The van der Waals surface area contributed by atoms with Crippen molar-refractivity contribution in [2.75, 3.05) is 31.6 Å². The molecule has 1 unspecified atom stereocenters. The van der Waals surface area contributed by atoms with E-state index in [0.29, 0.717) is 22.5 Å². The number of fused-ring (bicyclic) bond motifs is 2. The summed E-state index contributed by atoms with van der Waals surface area (Å²) in [4.78, 5) is 32.6. The van der Waals surface area contributed by atoms with Crippen molar-refractivity contribution in [3.63, 3.8) is 0 Å². The van der Waals surface area contributed by atoms with E-state index in [1.807, 2.05) is 11.8 Å². The minimum atomic E-state index is -1.47. The maximum absolute atomic E-state index is 16.0. The van der Waals surface area contributed by atoms with E-state index < -0.39 is 28.6 Å². The van der Waals surface area contributed by atoms with Crippen molar-refractivity contribution in [3.05, 3.63) is 62.9 Å². The topological polar surface area (TPSA) is 137 Å². The number of azo groups is 1. The smallest absolute Gasteiger partial charge is 0.341 e. The van der Waals surface area contributed by atoms with Gasteiger partial charge in [-0.15, -0.1) is 10.2 Å². The minimum absolute atomic E-state index is 0.0500. The van der Waals surface area contributed by atoms with Gasteiger partial charge in [0.15, 0.2) is 11.5 Å². The Balaban J connectivity index is 1.45. The van der Waals surface area contributed by atoms with Crippen LogP contribution in [0.4, 0.5) is 20.2 Å². The first kappa shape index (κ1) is 31.3. The summed E-state index contributed by atoms with van der Waals surface area (Å²) in [5.41, 5.74) is 1.21. The first-order chi connectivity index (χ1) is 21.0. The molecule has 12 nitrogen and oxygen atoms in total. The predicted octanol–water partition coefficient (Wildman–Crippen LogP) is 5.00. The first-order valence-corrected chi connectivity index (χ1v) is 14.3. The van der Waals surface area contributed by atoms with E-state index in [1.54, 1.807) is 34.6 Å².